The molecule has 1 heterocycles. The molecule has 0 saturated carbocycles. The van der Waals surface area contributed by atoms with Crippen molar-refractivity contribution in [2.24, 2.45) is 0 Å². The van der Waals surface area contributed by atoms with Gasteiger partial charge in [-0.3, -0.25) is 9.59 Å². The first-order valence-corrected chi connectivity index (χ1v) is 7.07. The number of amides is 1. The first kappa shape index (κ1) is 16.3. The summed E-state index contributed by atoms with van der Waals surface area (Å²) in [6.45, 7) is 0.0562. The second-order valence-corrected chi connectivity index (χ2v) is 5.40. The van der Waals surface area contributed by atoms with Crippen LogP contribution in [0.1, 0.15) is 12.0 Å². The molecule has 1 atom stereocenters. The van der Waals surface area contributed by atoms with E-state index < -0.39 is 18.7 Å². The van der Waals surface area contributed by atoms with E-state index in [9.17, 15) is 14.7 Å². The first-order valence-electron chi connectivity index (χ1n) is 7.07. The van der Waals surface area contributed by atoms with Gasteiger partial charge in [0.15, 0.2) is 0 Å². The van der Waals surface area contributed by atoms with Crippen LogP contribution < -0.4 is 9.80 Å². The maximum absolute atomic E-state index is 12.0. The number of rotatable bonds is 7. The highest BCUT2D eigenvalue weighted by Gasteiger charge is 2.29. The van der Waals surface area contributed by atoms with Crippen LogP contribution in [-0.2, 0) is 16.0 Å². The summed E-state index contributed by atoms with van der Waals surface area (Å²) >= 11 is 0. The molecule has 1 unspecified atom stereocenters. The molecule has 0 bridgehead atoms. The highest BCUT2D eigenvalue weighted by atomic mass is 16.4. The Kier molecular flexibility index (Phi) is 4.99. The lowest BCUT2D eigenvalue weighted by atomic mass is 10.1. The summed E-state index contributed by atoms with van der Waals surface area (Å²) in [6.07, 6.45) is -0.678. The van der Waals surface area contributed by atoms with Crippen molar-refractivity contribution in [3.63, 3.8) is 0 Å². The van der Waals surface area contributed by atoms with E-state index in [0.717, 1.165) is 16.9 Å². The van der Waals surface area contributed by atoms with Crippen LogP contribution in [0.15, 0.2) is 18.2 Å². The number of hydrogen-bond donors (Lipinski definition) is 3. The number of aliphatic carboxylic acids is 1. The van der Waals surface area contributed by atoms with E-state index >= 15 is 0 Å². The van der Waals surface area contributed by atoms with Crippen molar-refractivity contribution in [3.8, 4) is 0 Å². The number of nitrogens with zero attached hydrogens (tertiary/aromatic N) is 2. The maximum atomic E-state index is 12.0. The SMILES string of the molecule is CN(CCC(=O)O)c1ccc2c(c1)CC(=O)N2CC(O)CO. The zero-order chi connectivity index (χ0) is 16.3. The van der Waals surface area contributed by atoms with Gasteiger partial charge in [0.05, 0.1) is 32.1 Å². The molecule has 2 rings (SSSR count). The summed E-state index contributed by atoms with van der Waals surface area (Å²) in [4.78, 5) is 25.9. The van der Waals surface area contributed by atoms with Crippen LogP contribution in [-0.4, -0.2) is 60.0 Å². The van der Waals surface area contributed by atoms with Crippen molar-refractivity contribution in [1.29, 1.82) is 0 Å². The summed E-state index contributed by atoms with van der Waals surface area (Å²) in [5, 5.41) is 27.1. The van der Waals surface area contributed by atoms with Crippen molar-refractivity contribution >= 4 is 23.3 Å². The normalized spacial score (nSPS) is 14.9. The highest BCUT2D eigenvalue weighted by molar-refractivity contribution is 6.01. The lowest BCUT2D eigenvalue weighted by molar-refractivity contribution is -0.136. The van der Waals surface area contributed by atoms with E-state index in [1.54, 1.807) is 13.1 Å². The minimum atomic E-state index is -0.965. The van der Waals surface area contributed by atoms with Gasteiger partial charge in [0.1, 0.15) is 0 Å². The van der Waals surface area contributed by atoms with E-state index in [4.69, 9.17) is 10.2 Å². The Morgan fingerprint density at radius 1 is 1.45 bits per heavy atom. The standard InChI is InChI=1S/C15H20N2O5/c1-16(5-4-15(21)22)11-2-3-13-10(6-11)7-14(20)17(13)8-12(19)9-18/h2-3,6,12,18-19H,4-5,7-9H2,1H3,(H,21,22). The number of aliphatic hydroxyl groups excluding tert-OH is 2. The van der Waals surface area contributed by atoms with E-state index in [0.29, 0.717) is 6.54 Å². The summed E-state index contributed by atoms with van der Waals surface area (Å²) < 4.78 is 0. The van der Waals surface area contributed by atoms with Gasteiger partial charge in [-0.25, -0.2) is 0 Å². The van der Waals surface area contributed by atoms with Crippen LogP contribution >= 0.6 is 0 Å². The fourth-order valence-electron chi connectivity index (χ4n) is 2.47. The number of anilines is 2. The van der Waals surface area contributed by atoms with Gasteiger partial charge in [0.2, 0.25) is 5.91 Å². The van der Waals surface area contributed by atoms with Gasteiger partial charge in [-0.2, -0.15) is 0 Å². The van der Waals surface area contributed by atoms with Crippen molar-refractivity contribution in [2.45, 2.75) is 18.9 Å². The van der Waals surface area contributed by atoms with Crippen LogP contribution in [0.2, 0.25) is 0 Å². The molecule has 0 radical (unpaired) electrons. The summed E-state index contributed by atoms with van der Waals surface area (Å²) in [7, 11) is 1.80. The van der Waals surface area contributed by atoms with Gasteiger partial charge < -0.3 is 25.1 Å². The topological polar surface area (TPSA) is 101 Å². The molecule has 120 valence electrons. The Balaban J connectivity index is 2.14. The van der Waals surface area contributed by atoms with Crippen LogP contribution in [0.5, 0.6) is 0 Å². The average molecular weight is 308 g/mol. The molecule has 7 nitrogen and oxygen atoms in total. The number of carbonyl (C=O) groups excluding carboxylic acids is 1. The van der Waals surface area contributed by atoms with Crippen molar-refractivity contribution < 1.29 is 24.9 Å². The van der Waals surface area contributed by atoms with E-state index in [1.165, 1.54) is 4.90 Å². The fourth-order valence-corrected chi connectivity index (χ4v) is 2.47. The Hall–Kier alpha value is -2.12. The second-order valence-electron chi connectivity index (χ2n) is 5.40. The minimum absolute atomic E-state index is 0.0430. The van der Waals surface area contributed by atoms with Crippen LogP contribution in [0, 0.1) is 0 Å². The van der Waals surface area contributed by atoms with Crippen LogP contribution in [0.4, 0.5) is 11.4 Å². The lowest BCUT2D eigenvalue weighted by Gasteiger charge is -2.22. The van der Waals surface area contributed by atoms with Crippen molar-refractivity contribution in [3.05, 3.63) is 23.8 Å². The second kappa shape index (κ2) is 6.76. The number of fused-ring (bicyclic) bond motifs is 1. The highest BCUT2D eigenvalue weighted by Crippen LogP contribution is 2.32. The molecule has 7 heteroatoms. The molecule has 1 aliphatic heterocycles. The molecule has 0 aliphatic carbocycles. The third-order valence-electron chi connectivity index (χ3n) is 3.70. The number of benzene rings is 1. The largest absolute Gasteiger partial charge is 0.481 e. The first-order chi connectivity index (χ1) is 10.4. The van der Waals surface area contributed by atoms with E-state index in [2.05, 4.69) is 0 Å². The van der Waals surface area contributed by atoms with Gasteiger partial charge in [-0.15, -0.1) is 0 Å². The summed E-state index contributed by atoms with van der Waals surface area (Å²) in [6, 6.07) is 5.47. The number of aliphatic hydroxyl groups is 2. The quantitative estimate of drug-likeness (QED) is 0.647. The Labute approximate surface area is 128 Å². The smallest absolute Gasteiger partial charge is 0.305 e. The average Bonchev–Trinajstić information content (AvgIpc) is 2.79. The van der Waals surface area contributed by atoms with Gasteiger partial charge in [0, 0.05) is 25.0 Å². The maximum Gasteiger partial charge on any atom is 0.305 e. The number of carboxylic acids is 1. The molecule has 1 aliphatic rings. The molecule has 0 saturated heterocycles. The van der Waals surface area contributed by atoms with Gasteiger partial charge in [0.25, 0.3) is 0 Å². The Morgan fingerprint density at radius 2 is 2.18 bits per heavy atom. The Morgan fingerprint density at radius 3 is 2.82 bits per heavy atom. The summed E-state index contributed by atoms with van der Waals surface area (Å²) in [5.41, 5.74) is 2.42. The molecule has 0 fully saturated rings. The molecule has 1 aromatic carbocycles. The van der Waals surface area contributed by atoms with Gasteiger partial charge >= 0.3 is 5.97 Å². The third kappa shape index (κ3) is 3.55. The predicted molar refractivity (Wildman–Crippen MR) is 81.1 cm³/mol. The molecule has 3 N–H and O–H groups in total. The number of carboxylic acid groups (broad SMARTS) is 1. The van der Waals surface area contributed by atoms with Gasteiger partial charge in [-0.05, 0) is 23.8 Å². The molecular formula is C15H20N2O5. The number of β-amino-alcohol motifs (C(OH)–C–C–N with tert-alkyl or cyclic N) is 1. The monoisotopic (exact) mass is 308 g/mol. The molecule has 0 aromatic heterocycles. The van der Waals surface area contributed by atoms with E-state index in [1.807, 2.05) is 17.0 Å². The van der Waals surface area contributed by atoms with Gasteiger partial charge in [-0.1, -0.05) is 0 Å². The third-order valence-corrected chi connectivity index (χ3v) is 3.70. The molecule has 1 amide bonds. The molecular weight excluding hydrogens is 288 g/mol. The lowest BCUT2D eigenvalue weighted by Crippen LogP contribution is -2.36. The summed E-state index contributed by atoms with van der Waals surface area (Å²) in [5.74, 6) is -0.972. The molecule has 1 aromatic rings. The number of hydrogen-bond acceptors (Lipinski definition) is 5. The van der Waals surface area contributed by atoms with Crippen molar-refractivity contribution in [2.75, 3.05) is 36.5 Å². The molecule has 22 heavy (non-hydrogen) atoms. The van der Waals surface area contributed by atoms with E-state index in [-0.39, 0.29) is 25.3 Å². The zero-order valence-electron chi connectivity index (χ0n) is 12.4. The Bertz CT molecular complexity index is 575. The number of carbonyl (C=O) groups is 2. The van der Waals surface area contributed by atoms with Crippen LogP contribution in [0.25, 0.3) is 0 Å². The fraction of sp³-hybridized carbons (Fsp3) is 0.467. The van der Waals surface area contributed by atoms with Crippen molar-refractivity contribution in [1.82, 2.24) is 0 Å². The molecule has 0 spiro atoms. The predicted octanol–water partition coefficient (Wildman–Crippen LogP) is -0.160. The van der Waals surface area contributed by atoms with Crippen LogP contribution in [0.3, 0.4) is 0 Å². The zero-order valence-corrected chi connectivity index (χ0v) is 12.4. The minimum Gasteiger partial charge on any atom is -0.481 e.